The van der Waals surface area contributed by atoms with Crippen LogP contribution in [0.4, 0.5) is 5.69 Å². The zero-order valence-corrected chi connectivity index (χ0v) is 20.1. The summed E-state index contributed by atoms with van der Waals surface area (Å²) < 4.78 is 29.1. The van der Waals surface area contributed by atoms with Gasteiger partial charge < -0.3 is 15.4 Å². The summed E-state index contributed by atoms with van der Waals surface area (Å²) in [7, 11) is -3.50. The number of nitrogens with zero attached hydrogens (tertiary/aromatic N) is 1. The van der Waals surface area contributed by atoms with Crippen LogP contribution >= 0.6 is 10.8 Å². The molecule has 1 heterocycles. The average molecular weight is 474 g/mol. The first kappa shape index (κ1) is 24.6. The largest absolute Gasteiger partial charge is 0.493 e. The second-order valence-electron chi connectivity index (χ2n) is 8.70. The van der Waals surface area contributed by atoms with Crippen LogP contribution in [0.5, 0.6) is 5.75 Å². The summed E-state index contributed by atoms with van der Waals surface area (Å²) in [5, 5.41) is 5.82. The third kappa shape index (κ3) is 5.68. The fourth-order valence-corrected chi connectivity index (χ4v) is 5.77. The highest BCUT2D eigenvalue weighted by atomic mass is 32.3. The van der Waals surface area contributed by atoms with Crippen LogP contribution < -0.4 is 15.4 Å². The van der Waals surface area contributed by atoms with Crippen LogP contribution in [-0.4, -0.2) is 43.9 Å². The van der Waals surface area contributed by atoms with Crippen molar-refractivity contribution in [2.45, 2.75) is 39.7 Å². The van der Waals surface area contributed by atoms with Gasteiger partial charge in [0, 0.05) is 30.8 Å². The highest BCUT2D eigenvalue weighted by Gasteiger charge is 2.49. The molecule has 2 aromatic rings. The van der Waals surface area contributed by atoms with E-state index in [0.29, 0.717) is 36.6 Å². The van der Waals surface area contributed by atoms with Crippen LogP contribution in [0.1, 0.15) is 39.7 Å². The smallest absolute Gasteiger partial charge is 0.290 e. The number of hydrogen-bond acceptors (Lipinski definition) is 6. The zero-order chi connectivity index (χ0) is 24.2. The molecule has 0 saturated carbocycles. The van der Waals surface area contributed by atoms with Gasteiger partial charge in [-0.3, -0.25) is 18.7 Å². The summed E-state index contributed by atoms with van der Waals surface area (Å²) in [4.78, 5) is 24.6. The number of benzene rings is 2. The first-order valence-electron chi connectivity index (χ1n) is 10.7. The molecule has 0 saturated heterocycles. The topological polar surface area (TPSA) is 111 Å². The van der Waals surface area contributed by atoms with Gasteiger partial charge in [0.15, 0.2) is 0 Å². The van der Waals surface area contributed by atoms with Crippen molar-refractivity contribution in [1.82, 2.24) is 9.62 Å². The molecule has 178 valence electrons. The fraction of sp³-hybridized carbons (Fsp3) is 0.333. The first-order valence-corrected chi connectivity index (χ1v) is 12.2. The summed E-state index contributed by atoms with van der Waals surface area (Å²) in [6.07, 6.45) is 0.567. The van der Waals surface area contributed by atoms with Crippen molar-refractivity contribution in [3.05, 3.63) is 65.9 Å². The van der Waals surface area contributed by atoms with E-state index in [-0.39, 0.29) is 16.5 Å². The van der Waals surface area contributed by atoms with Crippen LogP contribution in [0.2, 0.25) is 0 Å². The van der Waals surface area contributed by atoms with Crippen molar-refractivity contribution in [3.63, 3.8) is 0 Å². The van der Waals surface area contributed by atoms with Crippen LogP contribution in [0.3, 0.4) is 0 Å². The molecule has 8 nitrogen and oxygen atoms in total. The molecule has 0 bridgehead atoms. The lowest BCUT2D eigenvalue weighted by Gasteiger charge is -2.45. The number of nitrogens with one attached hydrogen (secondary N) is 2. The molecular formula is C24H31N3O5S. The number of hydrogen-bond donors (Lipinski definition) is 4. The summed E-state index contributed by atoms with van der Waals surface area (Å²) in [6, 6.07) is 16.0. The Kier molecular flexibility index (Phi) is 7.36. The molecule has 0 spiro atoms. The molecular weight excluding hydrogens is 442 g/mol. The quantitative estimate of drug-likeness (QED) is 0.414. The van der Waals surface area contributed by atoms with E-state index in [1.165, 1.54) is 6.92 Å². The van der Waals surface area contributed by atoms with E-state index in [0.717, 1.165) is 4.31 Å². The number of ether oxygens (including phenoxy) is 1. The predicted octanol–water partition coefficient (Wildman–Crippen LogP) is 4.68. The molecule has 3 rings (SSSR count). The van der Waals surface area contributed by atoms with Crippen LogP contribution in [0, 0.1) is 0 Å². The normalized spacial score (nSPS) is 16.5. The minimum Gasteiger partial charge on any atom is -0.493 e. The number of rotatable bonds is 8. The maximum Gasteiger partial charge on any atom is 0.290 e. The number of amides is 2. The van der Waals surface area contributed by atoms with Gasteiger partial charge in [0.2, 0.25) is 5.91 Å². The van der Waals surface area contributed by atoms with Gasteiger partial charge in [-0.1, -0.05) is 47.2 Å². The van der Waals surface area contributed by atoms with E-state index >= 15 is 0 Å². The zero-order valence-electron chi connectivity index (χ0n) is 19.3. The van der Waals surface area contributed by atoms with Gasteiger partial charge in [-0.05, 0) is 39.3 Å². The minimum atomic E-state index is -3.50. The molecule has 33 heavy (non-hydrogen) atoms. The molecule has 0 aromatic heterocycles. The standard InChI is InChI=1S/C24H31N3O5S/c1-17(28)26-19-12-8-13-20(16-19)32-15-9-14-25-21-22(18-10-6-5-7-11-18)33(30,31)27(23(21)29)24(2,3)4/h5-8,10-13,16,25,30-31H,9,14-15H2,1-4H3,(H,26,28). The number of carbonyl (C=O) groups is 2. The molecule has 0 aliphatic carbocycles. The SMILES string of the molecule is CC(=O)Nc1cccc(OCCCNC2=C(c3ccccc3)S(O)(O)N(C(C)(C)C)C2=O)c1. The molecule has 2 aromatic carbocycles. The molecule has 4 N–H and O–H groups in total. The van der Waals surface area contributed by atoms with E-state index in [4.69, 9.17) is 4.74 Å². The monoisotopic (exact) mass is 473 g/mol. The maximum absolute atomic E-state index is 13.2. The van der Waals surface area contributed by atoms with Crippen molar-refractivity contribution < 1.29 is 23.4 Å². The Morgan fingerprint density at radius 1 is 1.09 bits per heavy atom. The maximum atomic E-state index is 13.2. The Hall–Kier alpha value is -3.01. The Balaban J connectivity index is 1.70. The van der Waals surface area contributed by atoms with Crippen molar-refractivity contribution in [3.8, 4) is 5.75 Å². The third-order valence-electron chi connectivity index (χ3n) is 4.85. The lowest BCUT2D eigenvalue weighted by Crippen LogP contribution is -2.45. The third-order valence-corrected chi connectivity index (χ3v) is 7.06. The van der Waals surface area contributed by atoms with Crippen molar-refractivity contribution in [2.75, 3.05) is 18.5 Å². The van der Waals surface area contributed by atoms with Gasteiger partial charge in [-0.2, -0.15) is 0 Å². The molecule has 0 radical (unpaired) electrons. The number of carbonyl (C=O) groups excluding carboxylic acids is 2. The van der Waals surface area contributed by atoms with E-state index < -0.39 is 22.2 Å². The minimum absolute atomic E-state index is 0.157. The van der Waals surface area contributed by atoms with Gasteiger partial charge in [0.05, 0.1) is 12.1 Å². The molecule has 0 fully saturated rings. The van der Waals surface area contributed by atoms with Crippen LogP contribution in [0.15, 0.2) is 60.3 Å². The Morgan fingerprint density at radius 3 is 2.42 bits per heavy atom. The summed E-state index contributed by atoms with van der Waals surface area (Å²) in [5.41, 5.74) is 0.663. The predicted molar refractivity (Wildman–Crippen MR) is 132 cm³/mol. The summed E-state index contributed by atoms with van der Waals surface area (Å²) in [5.74, 6) is 0.0242. The van der Waals surface area contributed by atoms with Crippen LogP contribution in [-0.2, 0) is 9.59 Å². The van der Waals surface area contributed by atoms with E-state index in [2.05, 4.69) is 10.6 Å². The molecule has 2 amide bonds. The lowest BCUT2D eigenvalue weighted by atomic mass is 10.1. The highest BCUT2D eigenvalue weighted by Crippen LogP contribution is 2.63. The molecule has 0 unspecified atom stereocenters. The number of anilines is 1. The Morgan fingerprint density at radius 2 is 1.79 bits per heavy atom. The fourth-order valence-electron chi connectivity index (χ4n) is 3.62. The lowest BCUT2D eigenvalue weighted by molar-refractivity contribution is -0.125. The van der Waals surface area contributed by atoms with Crippen LogP contribution in [0.25, 0.3) is 4.91 Å². The summed E-state index contributed by atoms with van der Waals surface area (Å²) in [6.45, 7) is 7.53. The Bertz CT molecular complexity index is 1050. The van der Waals surface area contributed by atoms with E-state index in [9.17, 15) is 18.7 Å². The van der Waals surface area contributed by atoms with Crippen molar-refractivity contribution >= 4 is 33.2 Å². The van der Waals surface area contributed by atoms with Gasteiger partial charge in [0.25, 0.3) is 5.91 Å². The first-order chi connectivity index (χ1) is 15.5. The molecule has 1 aliphatic heterocycles. The Labute approximate surface area is 196 Å². The molecule has 0 atom stereocenters. The second-order valence-corrected chi connectivity index (χ2v) is 10.5. The van der Waals surface area contributed by atoms with Crippen molar-refractivity contribution in [2.24, 2.45) is 0 Å². The average Bonchev–Trinajstić information content (AvgIpc) is 2.92. The second kappa shape index (κ2) is 9.86. The molecule has 1 aliphatic rings. The summed E-state index contributed by atoms with van der Waals surface area (Å²) >= 11 is 0. The highest BCUT2D eigenvalue weighted by molar-refractivity contribution is 8.31. The molecule has 9 heteroatoms. The van der Waals surface area contributed by atoms with Crippen molar-refractivity contribution in [1.29, 1.82) is 0 Å². The van der Waals surface area contributed by atoms with Gasteiger partial charge in [-0.25, -0.2) is 4.31 Å². The van der Waals surface area contributed by atoms with Gasteiger partial charge in [-0.15, -0.1) is 0 Å². The van der Waals surface area contributed by atoms with E-state index in [1.807, 2.05) is 6.07 Å². The van der Waals surface area contributed by atoms with Gasteiger partial charge in [0.1, 0.15) is 16.4 Å². The van der Waals surface area contributed by atoms with Gasteiger partial charge >= 0.3 is 0 Å². The van der Waals surface area contributed by atoms with E-state index in [1.54, 1.807) is 69.3 Å².